The van der Waals surface area contributed by atoms with Crippen molar-refractivity contribution in [2.45, 2.75) is 94.6 Å². The first kappa shape index (κ1) is 30.7. The minimum atomic E-state index is -0.903. The number of para-hydroxylation sites is 1. The van der Waals surface area contributed by atoms with Gasteiger partial charge in [-0.2, -0.15) is 0 Å². The fourth-order valence-corrected chi connectivity index (χ4v) is 7.17. The predicted molar refractivity (Wildman–Crippen MR) is 157 cm³/mol. The average Bonchev–Trinajstić information content (AvgIpc) is 3.41. The van der Waals surface area contributed by atoms with Crippen LogP contribution in [0.4, 0.5) is 0 Å². The van der Waals surface area contributed by atoms with Crippen LogP contribution in [0.1, 0.15) is 69.9 Å². The Morgan fingerprint density at radius 2 is 1.90 bits per heavy atom. The number of nitrogens with one attached hydrogen (secondary N) is 2. The summed E-state index contributed by atoms with van der Waals surface area (Å²) in [4.78, 5) is 45.6. The molecule has 11 nitrogen and oxygen atoms in total. The maximum atomic E-state index is 14.5. The van der Waals surface area contributed by atoms with Gasteiger partial charge in [-0.1, -0.05) is 37.5 Å². The van der Waals surface area contributed by atoms with E-state index in [1.54, 1.807) is 4.90 Å². The molecule has 0 unspecified atom stereocenters. The average molecular weight is 586 g/mol. The van der Waals surface area contributed by atoms with Crippen molar-refractivity contribution >= 4 is 17.7 Å². The third-order valence-corrected chi connectivity index (χ3v) is 9.41. The van der Waals surface area contributed by atoms with E-state index in [9.17, 15) is 19.5 Å². The number of rotatable bonds is 10. The summed E-state index contributed by atoms with van der Waals surface area (Å²) >= 11 is 0. The van der Waals surface area contributed by atoms with Gasteiger partial charge < -0.3 is 35.8 Å². The van der Waals surface area contributed by atoms with Gasteiger partial charge >= 0.3 is 0 Å². The zero-order valence-electron chi connectivity index (χ0n) is 24.7. The second-order valence-corrected chi connectivity index (χ2v) is 12.2. The van der Waals surface area contributed by atoms with Gasteiger partial charge in [-0.15, -0.1) is 0 Å². The molecule has 3 heterocycles. The topological polar surface area (TPSA) is 146 Å². The molecule has 1 saturated carbocycles. The van der Waals surface area contributed by atoms with E-state index in [2.05, 4.69) is 15.5 Å². The Bertz CT molecular complexity index is 1100. The van der Waals surface area contributed by atoms with Crippen LogP contribution < -0.4 is 21.1 Å². The first-order chi connectivity index (χ1) is 20.4. The number of carbonyl (C=O) groups excluding carboxylic acids is 3. The molecule has 4 aliphatic rings. The highest BCUT2D eigenvalue weighted by molar-refractivity contribution is 5.93. The number of benzene rings is 1. The Kier molecular flexibility index (Phi) is 10.4. The summed E-state index contributed by atoms with van der Waals surface area (Å²) in [6, 6.07) is 5.22. The molecule has 0 aromatic heterocycles. The predicted octanol–water partition coefficient (Wildman–Crippen LogP) is 1.09. The lowest BCUT2D eigenvalue weighted by Gasteiger charge is -2.45. The van der Waals surface area contributed by atoms with Gasteiger partial charge in [0.05, 0.1) is 24.8 Å². The lowest BCUT2D eigenvalue weighted by atomic mass is 9.82. The molecule has 2 saturated heterocycles. The molecule has 3 amide bonds. The van der Waals surface area contributed by atoms with Crippen molar-refractivity contribution in [1.82, 2.24) is 20.4 Å². The van der Waals surface area contributed by atoms with E-state index in [-0.39, 0.29) is 48.9 Å². The third-order valence-electron chi connectivity index (χ3n) is 9.41. The smallest absolute Gasteiger partial charge is 0.246 e. The number of nitrogens with two attached hydrogens (primary N) is 1. The largest absolute Gasteiger partial charge is 0.493 e. The second-order valence-electron chi connectivity index (χ2n) is 12.2. The molecular formula is C31H47N5O6. The molecule has 5 N–H and O–H groups in total. The lowest BCUT2D eigenvalue weighted by molar-refractivity contribution is -0.149. The van der Waals surface area contributed by atoms with Crippen LogP contribution >= 0.6 is 0 Å². The molecule has 5 rings (SSSR count). The summed E-state index contributed by atoms with van der Waals surface area (Å²) in [6.07, 6.45) is 6.37. The standard InChI is InChI=1S/C31H47N5O6/c1-2-41-22-16-21-17-36(31(40)28(20-8-4-3-5-9-20)34-29(38)24(32)12-14-37)26(19-35(21)18-22)30(39)33-25-13-15-42-27-11-7-6-10-23(25)27/h6-7,10-11,20-22,24-26,28,37H,2-5,8-9,12-19,32H2,1H3,(H,33,39)(H,34,38)/t21-,22-,24+,25-,26+,28+/m1/s1. The Balaban J connectivity index is 1.40. The van der Waals surface area contributed by atoms with Gasteiger partial charge in [-0.3, -0.25) is 19.3 Å². The van der Waals surface area contributed by atoms with E-state index in [0.29, 0.717) is 32.7 Å². The number of aliphatic hydroxyl groups is 1. The van der Waals surface area contributed by atoms with Gasteiger partial charge in [0, 0.05) is 50.9 Å². The zero-order chi connectivity index (χ0) is 29.6. The molecule has 3 fully saturated rings. The lowest BCUT2D eigenvalue weighted by Crippen LogP contribution is -2.66. The maximum absolute atomic E-state index is 14.5. The fourth-order valence-electron chi connectivity index (χ4n) is 7.17. The van der Waals surface area contributed by atoms with E-state index in [4.69, 9.17) is 15.2 Å². The van der Waals surface area contributed by atoms with Gasteiger partial charge in [0.15, 0.2) is 0 Å². The monoisotopic (exact) mass is 585 g/mol. The number of hydrogen-bond donors (Lipinski definition) is 4. The third kappa shape index (κ3) is 6.90. The van der Waals surface area contributed by atoms with E-state index < -0.39 is 24.0 Å². The molecule has 1 aromatic rings. The first-order valence-corrected chi connectivity index (χ1v) is 15.7. The number of carbonyl (C=O) groups is 3. The summed E-state index contributed by atoms with van der Waals surface area (Å²) in [5, 5.41) is 15.5. The van der Waals surface area contributed by atoms with E-state index in [1.807, 2.05) is 31.2 Å². The first-order valence-electron chi connectivity index (χ1n) is 15.7. The van der Waals surface area contributed by atoms with Crippen LogP contribution in [0.2, 0.25) is 0 Å². The van der Waals surface area contributed by atoms with Gasteiger partial charge in [0.25, 0.3) is 0 Å². The van der Waals surface area contributed by atoms with Crippen LogP contribution in [0.25, 0.3) is 0 Å². The minimum Gasteiger partial charge on any atom is -0.493 e. The van der Waals surface area contributed by atoms with E-state index in [0.717, 1.165) is 56.4 Å². The van der Waals surface area contributed by atoms with Crippen LogP contribution in [0.15, 0.2) is 24.3 Å². The van der Waals surface area contributed by atoms with Crippen LogP contribution in [0, 0.1) is 5.92 Å². The molecule has 1 aliphatic carbocycles. The van der Waals surface area contributed by atoms with E-state index >= 15 is 0 Å². The molecule has 232 valence electrons. The number of amides is 3. The number of aliphatic hydroxyl groups excluding tert-OH is 1. The van der Waals surface area contributed by atoms with Crippen molar-refractivity contribution < 1.29 is 29.0 Å². The fraction of sp³-hybridized carbons (Fsp3) is 0.710. The summed E-state index contributed by atoms with van der Waals surface area (Å²) in [5.41, 5.74) is 6.96. The number of piperazine rings is 1. The number of hydrogen-bond acceptors (Lipinski definition) is 8. The highest BCUT2D eigenvalue weighted by Gasteiger charge is 2.47. The van der Waals surface area contributed by atoms with Gasteiger partial charge in [0.1, 0.15) is 17.8 Å². The molecule has 6 atom stereocenters. The van der Waals surface area contributed by atoms with Crippen molar-refractivity contribution in [2.24, 2.45) is 11.7 Å². The molecule has 42 heavy (non-hydrogen) atoms. The van der Waals surface area contributed by atoms with Crippen LogP contribution in [-0.4, -0.2) is 102 Å². The van der Waals surface area contributed by atoms with Crippen LogP contribution in [-0.2, 0) is 19.1 Å². The highest BCUT2D eigenvalue weighted by atomic mass is 16.5. The van der Waals surface area contributed by atoms with Crippen molar-refractivity contribution in [2.75, 3.05) is 39.5 Å². The van der Waals surface area contributed by atoms with Crippen molar-refractivity contribution in [1.29, 1.82) is 0 Å². The molecule has 11 heteroatoms. The van der Waals surface area contributed by atoms with Crippen molar-refractivity contribution in [3.05, 3.63) is 29.8 Å². The maximum Gasteiger partial charge on any atom is 0.246 e. The number of nitrogens with zero attached hydrogens (tertiary/aromatic N) is 2. The van der Waals surface area contributed by atoms with Crippen molar-refractivity contribution in [3.63, 3.8) is 0 Å². The van der Waals surface area contributed by atoms with Crippen molar-refractivity contribution in [3.8, 4) is 5.75 Å². The highest BCUT2D eigenvalue weighted by Crippen LogP contribution is 2.34. The summed E-state index contributed by atoms with van der Waals surface area (Å²) in [5.74, 6) is -0.124. The Morgan fingerprint density at radius 3 is 2.67 bits per heavy atom. The number of ether oxygens (including phenoxy) is 2. The molecule has 0 radical (unpaired) electrons. The summed E-state index contributed by atoms with van der Waals surface area (Å²) < 4.78 is 11.7. The number of fused-ring (bicyclic) bond motifs is 2. The molecular weight excluding hydrogens is 538 g/mol. The summed E-state index contributed by atoms with van der Waals surface area (Å²) in [6.45, 7) is 4.42. The normalized spacial score (nSPS) is 27.7. The van der Waals surface area contributed by atoms with Crippen LogP contribution in [0.3, 0.4) is 0 Å². The van der Waals surface area contributed by atoms with Gasteiger partial charge in [-0.05, 0) is 44.6 Å². The summed E-state index contributed by atoms with van der Waals surface area (Å²) in [7, 11) is 0. The SMILES string of the molecule is CCO[C@@H]1C[C@@H]2CN(C(=O)[C@@H](NC(=O)[C@@H](N)CCO)C3CCCCC3)[C@H](C(=O)N[C@@H]3CCOc4ccccc43)CN2C1. The zero-order valence-corrected chi connectivity index (χ0v) is 24.7. The Labute approximate surface area is 248 Å². The van der Waals surface area contributed by atoms with E-state index in [1.165, 1.54) is 0 Å². The molecule has 0 bridgehead atoms. The molecule has 3 aliphatic heterocycles. The molecule has 0 spiro atoms. The van der Waals surface area contributed by atoms with Crippen LogP contribution in [0.5, 0.6) is 5.75 Å². The molecule has 1 aromatic carbocycles. The Hall–Kier alpha value is -2.73. The van der Waals surface area contributed by atoms with Gasteiger partial charge in [-0.25, -0.2) is 0 Å². The minimum absolute atomic E-state index is 0.0274. The Morgan fingerprint density at radius 1 is 1.12 bits per heavy atom. The van der Waals surface area contributed by atoms with Gasteiger partial charge in [0.2, 0.25) is 17.7 Å². The second kappa shape index (κ2) is 14.2. The quantitative estimate of drug-likeness (QED) is 0.319.